The van der Waals surface area contributed by atoms with Crippen molar-refractivity contribution in [2.75, 3.05) is 7.05 Å². The van der Waals surface area contributed by atoms with Gasteiger partial charge >= 0.3 is 0 Å². The van der Waals surface area contributed by atoms with Gasteiger partial charge in [-0.05, 0) is 36.1 Å². The minimum Gasteiger partial charge on any atom is -0.361 e. The lowest BCUT2D eigenvalue weighted by atomic mass is 9.86. The van der Waals surface area contributed by atoms with E-state index in [0.29, 0.717) is 5.56 Å². The van der Waals surface area contributed by atoms with Gasteiger partial charge in [0.05, 0.1) is 11.6 Å². The molecule has 1 amide bonds. The van der Waals surface area contributed by atoms with Gasteiger partial charge in [-0.2, -0.15) is 5.26 Å². The molecule has 90 valence electrons. The number of amides is 1. The first-order chi connectivity index (χ1) is 8.74. The molecule has 18 heavy (non-hydrogen) atoms. The van der Waals surface area contributed by atoms with Gasteiger partial charge in [0.15, 0.2) is 0 Å². The molecule has 1 unspecified atom stereocenters. The number of nitrogens with one attached hydrogen (secondary N) is 1. The average molecular weight is 239 g/mol. The highest BCUT2D eigenvalue weighted by atomic mass is 16.1. The van der Waals surface area contributed by atoms with E-state index in [2.05, 4.69) is 11.1 Å². The predicted octanol–water partition coefficient (Wildman–Crippen LogP) is 1.59. The van der Waals surface area contributed by atoms with Crippen LogP contribution in [0.5, 0.6) is 0 Å². The first-order valence-electron chi connectivity index (χ1n) is 5.93. The van der Waals surface area contributed by atoms with Crippen LogP contribution in [0, 0.1) is 11.3 Å². The Morgan fingerprint density at radius 2 is 2.33 bits per heavy atom. The van der Waals surface area contributed by atoms with Crippen molar-refractivity contribution in [3.05, 3.63) is 35.0 Å². The van der Waals surface area contributed by atoms with Crippen LogP contribution in [0.15, 0.2) is 18.3 Å². The first kappa shape index (κ1) is 10.8. The van der Waals surface area contributed by atoms with Crippen molar-refractivity contribution in [2.45, 2.75) is 18.9 Å². The highest BCUT2D eigenvalue weighted by Gasteiger charge is 2.26. The van der Waals surface area contributed by atoms with Gasteiger partial charge in [0.2, 0.25) is 6.41 Å². The summed E-state index contributed by atoms with van der Waals surface area (Å²) in [5, 5.41) is 10.4. The van der Waals surface area contributed by atoms with Crippen LogP contribution in [-0.4, -0.2) is 29.4 Å². The summed E-state index contributed by atoms with van der Waals surface area (Å²) in [6, 6.07) is 6.19. The zero-order valence-electron chi connectivity index (χ0n) is 10.1. The Morgan fingerprint density at radius 3 is 3.06 bits per heavy atom. The number of hydrogen-bond donors (Lipinski definition) is 1. The zero-order chi connectivity index (χ0) is 12.7. The van der Waals surface area contributed by atoms with E-state index in [4.69, 9.17) is 0 Å². The average Bonchev–Trinajstić information content (AvgIpc) is 2.83. The number of nitrogens with zero attached hydrogens (tertiary/aromatic N) is 2. The molecule has 0 aliphatic heterocycles. The van der Waals surface area contributed by atoms with E-state index in [0.717, 1.165) is 30.3 Å². The van der Waals surface area contributed by atoms with E-state index >= 15 is 0 Å². The largest absolute Gasteiger partial charge is 0.361 e. The molecule has 2 aromatic rings. The van der Waals surface area contributed by atoms with E-state index in [-0.39, 0.29) is 6.04 Å². The number of hydrogen-bond acceptors (Lipinski definition) is 2. The maximum Gasteiger partial charge on any atom is 0.209 e. The van der Waals surface area contributed by atoms with Gasteiger partial charge in [-0.25, -0.2) is 0 Å². The molecule has 3 rings (SSSR count). The van der Waals surface area contributed by atoms with Crippen LogP contribution >= 0.6 is 0 Å². The molecule has 1 N–H and O–H groups in total. The second kappa shape index (κ2) is 3.88. The fraction of sp³-hybridized carbons (Fsp3) is 0.286. The number of carbonyl (C=O) groups excluding carboxylic acids is 1. The predicted molar refractivity (Wildman–Crippen MR) is 68.0 cm³/mol. The van der Waals surface area contributed by atoms with Crippen molar-refractivity contribution < 1.29 is 4.79 Å². The summed E-state index contributed by atoms with van der Waals surface area (Å²) in [4.78, 5) is 15.8. The number of carbonyl (C=O) groups is 1. The van der Waals surface area contributed by atoms with Crippen LogP contribution in [-0.2, 0) is 17.6 Å². The van der Waals surface area contributed by atoms with Crippen LogP contribution in [0.4, 0.5) is 0 Å². The number of aromatic amines is 1. The molecule has 1 aliphatic rings. The van der Waals surface area contributed by atoms with Crippen LogP contribution in [0.25, 0.3) is 10.9 Å². The maximum atomic E-state index is 10.9. The number of benzene rings is 1. The number of likely N-dealkylation sites (N-methyl/N-ethyl adjacent to an activating group) is 1. The molecule has 1 aromatic heterocycles. The molecule has 1 heterocycles. The smallest absolute Gasteiger partial charge is 0.209 e. The summed E-state index contributed by atoms with van der Waals surface area (Å²) in [6.45, 7) is 0. The summed E-state index contributed by atoms with van der Waals surface area (Å²) in [6.07, 6.45) is 4.44. The third kappa shape index (κ3) is 1.41. The van der Waals surface area contributed by atoms with Crippen LogP contribution in [0.1, 0.15) is 16.7 Å². The number of H-pyrrole nitrogens is 1. The Morgan fingerprint density at radius 1 is 1.50 bits per heavy atom. The van der Waals surface area contributed by atoms with Crippen molar-refractivity contribution in [1.82, 2.24) is 9.88 Å². The van der Waals surface area contributed by atoms with E-state index in [1.165, 1.54) is 10.9 Å². The summed E-state index contributed by atoms with van der Waals surface area (Å²) < 4.78 is 0. The van der Waals surface area contributed by atoms with Crippen LogP contribution in [0.2, 0.25) is 0 Å². The standard InChI is InChI=1S/C14H13N3O/c1-17(8-18)11-4-10-7-16-13-3-2-9(6-15)12(5-11)14(10)13/h2-3,7-8,11,16H,4-5H2,1H3. The minimum atomic E-state index is 0.142. The van der Waals surface area contributed by atoms with Gasteiger partial charge in [-0.3, -0.25) is 4.79 Å². The molecular formula is C14H13N3O. The Bertz CT molecular complexity index is 665. The van der Waals surface area contributed by atoms with E-state index in [9.17, 15) is 10.1 Å². The molecule has 0 saturated heterocycles. The number of aromatic nitrogens is 1. The second-order valence-electron chi connectivity index (χ2n) is 4.77. The molecule has 0 spiro atoms. The molecule has 4 nitrogen and oxygen atoms in total. The van der Waals surface area contributed by atoms with Crippen LogP contribution in [0.3, 0.4) is 0 Å². The van der Waals surface area contributed by atoms with Crippen molar-refractivity contribution in [2.24, 2.45) is 0 Å². The molecule has 1 aliphatic carbocycles. The molecule has 0 saturated carbocycles. The lowest BCUT2D eigenvalue weighted by Gasteiger charge is -2.29. The molecule has 1 aromatic carbocycles. The Labute approximate surface area is 105 Å². The highest BCUT2D eigenvalue weighted by molar-refractivity contribution is 5.89. The molecular weight excluding hydrogens is 226 g/mol. The zero-order valence-corrected chi connectivity index (χ0v) is 10.1. The SMILES string of the molecule is CN(C=O)C1Cc2c[nH]c3ccc(C#N)c(c23)C1. The van der Waals surface area contributed by atoms with E-state index < -0.39 is 0 Å². The van der Waals surface area contributed by atoms with Gasteiger partial charge in [0.1, 0.15) is 0 Å². The third-order valence-corrected chi connectivity index (χ3v) is 3.79. The van der Waals surface area contributed by atoms with Gasteiger partial charge in [-0.1, -0.05) is 0 Å². The quantitative estimate of drug-likeness (QED) is 0.809. The monoisotopic (exact) mass is 239 g/mol. The molecule has 0 bridgehead atoms. The fourth-order valence-electron chi connectivity index (χ4n) is 2.79. The van der Waals surface area contributed by atoms with Gasteiger partial charge in [-0.15, -0.1) is 0 Å². The number of rotatable bonds is 2. The molecule has 0 fully saturated rings. The van der Waals surface area contributed by atoms with Crippen LogP contribution < -0.4 is 0 Å². The lowest BCUT2D eigenvalue weighted by Crippen LogP contribution is -2.36. The van der Waals surface area contributed by atoms with Crippen molar-refractivity contribution in [3.63, 3.8) is 0 Å². The van der Waals surface area contributed by atoms with Crippen molar-refractivity contribution in [1.29, 1.82) is 5.26 Å². The first-order valence-corrected chi connectivity index (χ1v) is 5.93. The highest BCUT2D eigenvalue weighted by Crippen LogP contribution is 2.32. The second-order valence-corrected chi connectivity index (χ2v) is 4.77. The summed E-state index contributed by atoms with van der Waals surface area (Å²) >= 11 is 0. The number of nitriles is 1. The van der Waals surface area contributed by atoms with Gasteiger partial charge < -0.3 is 9.88 Å². The van der Waals surface area contributed by atoms with Crippen molar-refractivity contribution >= 4 is 17.3 Å². The van der Waals surface area contributed by atoms with E-state index in [1.54, 1.807) is 11.9 Å². The summed E-state index contributed by atoms with van der Waals surface area (Å²) in [7, 11) is 1.79. The fourth-order valence-corrected chi connectivity index (χ4v) is 2.79. The van der Waals surface area contributed by atoms with Crippen molar-refractivity contribution in [3.8, 4) is 6.07 Å². The maximum absolute atomic E-state index is 10.9. The molecule has 1 atom stereocenters. The Balaban J connectivity index is 2.18. The Hall–Kier alpha value is -2.28. The minimum absolute atomic E-state index is 0.142. The topological polar surface area (TPSA) is 59.9 Å². The van der Waals surface area contributed by atoms with Gasteiger partial charge in [0, 0.05) is 30.2 Å². The normalized spacial score (nSPS) is 17.4. The summed E-state index contributed by atoms with van der Waals surface area (Å²) in [5.41, 5.74) is 4.05. The lowest BCUT2D eigenvalue weighted by molar-refractivity contribution is -0.118. The molecule has 4 heteroatoms. The Kier molecular flexibility index (Phi) is 2.34. The third-order valence-electron chi connectivity index (χ3n) is 3.79. The van der Waals surface area contributed by atoms with E-state index in [1.807, 2.05) is 18.3 Å². The molecule has 0 radical (unpaired) electrons. The summed E-state index contributed by atoms with van der Waals surface area (Å²) in [5.74, 6) is 0. The van der Waals surface area contributed by atoms with Gasteiger partial charge in [0.25, 0.3) is 0 Å².